The lowest BCUT2D eigenvalue weighted by Crippen LogP contribution is -2.20. The quantitative estimate of drug-likeness (QED) is 0.573. The molecule has 0 unspecified atom stereocenters. The van der Waals surface area contributed by atoms with E-state index >= 15 is 0 Å². The lowest BCUT2D eigenvalue weighted by atomic mass is 10.1. The Labute approximate surface area is 138 Å². The molecular weight excluding hydrogens is 322 g/mol. The van der Waals surface area contributed by atoms with Crippen LogP contribution in [0.3, 0.4) is 0 Å². The van der Waals surface area contributed by atoms with Crippen molar-refractivity contribution in [1.29, 1.82) is 0 Å². The summed E-state index contributed by atoms with van der Waals surface area (Å²) in [6, 6.07) is 12.7. The second-order valence-corrected chi connectivity index (χ2v) is 6.22. The molecule has 0 aliphatic rings. The van der Waals surface area contributed by atoms with Crippen LogP contribution < -0.4 is 10.6 Å². The summed E-state index contributed by atoms with van der Waals surface area (Å²) in [4.78, 5) is 0.522. The van der Waals surface area contributed by atoms with Crippen LogP contribution >= 0.6 is 24.0 Å². The number of hydrogen-bond acceptors (Lipinski definition) is 2. The Balaban J connectivity index is 2.00. The molecule has 0 atom stereocenters. The van der Waals surface area contributed by atoms with Crippen molar-refractivity contribution in [1.82, 2.24) is 0 Å². The molecule has 2 N–H and O–H groups in total. The predicted molar refractivity (Wildman–Crippen MR) is 94.1 cm³/mol. The number of alkyl halides is 2. The summed E-state index contributed by atoms with van der Waals surface area (Å²) < 4.78 is 24.5. The summed E-state index contributed by atoms with van der Waals surface area (Å²) >= 11 is 5.82. The van der Waals surface area contributed by atoms with Crippen LogP contribution in [-0.4, -0.2) is 10.9 Å². The van der Waals surface area contributed by atoms with Crippen molar-refractivity contribution >= 4 is 40.5 Å². The van der Waals surface area contributed by atoms with Crippen LogP contribution in [-0.2, 0) is 0 Å². The number of anilines is 2. The molecule has 0 fully saturated rings. The first-order chi connectivity index (χ1) is 10.5. The van der Waals surface area contributed by atoms with Crippen LogP contribution in [0.15, 0.2) is 47.4 Å². The minimum atomic E-state index is -2.41. The fourth-order valence-corrected chi connectivity index (χ4v) is 2.73. The van der Waals surface area contributed by atoms with E-state index in [-0.39, 0.29) is 0 Å². The van der Waals surface area contributed by atoms with Crippen molar-refractivity contribution in [2.24, 2.45) is 0 Å². The number of rotatable bonds is 4. The van der Waals surface area contributed by atoms with Crippen LogP contribution in [0.5, 0.6) is 0 Å². The Kier molecular flexibility index (Phi) is 5.74. The average molecular weight is 338 g/mol. The number of thioether (sulfide) groups is 1. The maximum atomic E-state index is 12.3. The number of para-hydroxylation sites is 1. The molecule has 0 radical (unpaired) electrons. The summed E-state index contributed by atoms with van der Waals surface area (Å²) in [5.74, 6) is -2.41. The molecule has 0 aliphatic heterocycles. The molecular formula is C16H16F2N2S2. The molecule has 22 heavy (non-hydrogen) atoms. The topological polar surface area (TPSA) is 24.1 Å². The lowest BCUT2D eigenvalue weighted by Gasteiger charge is -2.15. The molecule has 0 spiro atoms. The Morgan fingerprint density at radius 3 is 2.14 bits per heavy atom. The molecule has 2 aromatic rings. The van der Waals surface area contributed by atoms with Crippen molar-refractivity contribution < 1.29 is 8.78 Å². The minimum Gasteiger partial charge on any atom is -0.332 e. The molecule has 6 heteroatoms. The van der Waals surface area contributed by atoms with Crippen molar-refractivity contribution in [2.75, 3.05) is 10.6 Å². The molecule has 2 nitrogen and oxygen atoms in total. The zero-order chi connectivity index (χ0) is 16.1. The van der Waals surface area contributed by atoms with Crippen LogP contribution in [0.2, 0.25) is 0 Å². The highest BCUT2D eigenvalue weighted by Crippen LogP contribution is 2.26. The van der Waals surface area contributed by atoms with Crippen molar-refractivity contribution in [3.63, 3.8) is 0 Å². The van der Waals surface area contributed by atoms with Gasteiger partial charge in [-0.15, -0.1) is 0 Å². The number of halogens is 2. The smallest absolute Gasteiger partial charge is 0.288 e. The van der Waals surface area contributed by atoms with E-state index in [9.17, 15) is 8.78 Å². The standard InChI is InChI=1S/C16H16F2N2S2/c1-10-4-3-5-11(2)14(10)20-16(21)19-12-6-8-13(9-7-12)22-15(17)18/h3-9,15H,1-2H3,(H2,19,20,21). The predicted octanol–water partition coefficient (Wildman–Crippen LogP) is 5.43. The summed E-state index contributed by atoms with van der Waals surface area (Å²) in [6.07, 6.45) is 0. The Morgan fingerprint density at radius 1 is 1.00 bits per heavy atom. The molecule has 0 aliphatic carbocycles. The first-order valence-corrected chi connectivity index (χ1v) is 7.93. The Bertz CT molecular complexity index is 637. The normalized spacial score (nSPS) is 10.6. The third kappa shape index (κ3) is 4.68. The Morgan fingerprint density at radius 2 is 1.59 bits per heavy atom. The van der Waals surface area contributed by atoms with Gasteiger partial charge in [-0.1, -0.05) is 30.0 Å². The SMILES string of the molecule is Cc1cccc(C)c1NC(=S)Nc1ccc(SC(F)F)cc1. The number of benzene rings is 2. The van der Waals surface area contributed by atoms with E-state index in [1.165, 1.54) is 0 Å². The molecule has 2 rings (SSSR count). The highest BCUT2D eigenvalue weighted by Gasteiger charge is 2.06. The van der Waals surface area contributed by atoms with Gasteiger partial charge in [-0.05, 0) is 61.5 Å². The Hall–Kier alpha value is -1.66. The lowest BCUT2D eigenvalue weighted by molar-refractivity contribution is 0.252. The van der Waals surface area contributed by atoms with Gasteiger partial charge in [0.25, 0.3) is 5.76 Å². The third-order valence-electron chi connectivity index (χ3n) is 3.06. The van der Waals surface area contributed by atoms with E-state index in [4.69, 9.17) is 12.2 Å². The van der Waals surface area contributed by atoms with Crippen LogP contribution in [0.4, 0.5) is 20.2 Å². The number of aryl methyl sites for hydroxylation is 2. The third-order valence-corrected chi connectivity index (χ3v) is 3.98. The minimum absolute atomic E-state index is 0.465. The maximum absolute atomic E-state index is 12.3. The monoisotopic (exact) mass is 338 g/mol. The van der Waals surface area contributed by atoms with Gasteiger partial charge in [-0.2, -0.15) is 8.78 Å². The first kappa shape index (κ1) is 16.7. The molecule has 0 aromatic heterocycles. The summed E-state index contributed by atoms with van der Waals surface area (Å²) in [5, 5.41) is 6.68. The van der Waals surface area contributed by atoms with Gasteiger partial charge in [-0.3, -0.25) is 0 Å². The molecule has 2 aromatic carbocycles. The number of thiocarbonyl (C=S) groups is 1. The largest absolute Gasteiger partial charge is 0.332 e. The van der Waals surface area contributed by atoms with E-state index in [2.05, 4.69) is 10.6 Å². The van der Waals surface area contributed by atoms with Gasteiger partial charge in [0.05, 0.1) is 0 Å². The number of hydrogen-bond donors (Lipinski definition) is 2. The average Bonchev–Trinajstić information content (AvgIpc) is 2.45. The van der Waals surface area contributed by atoms with Crippen LogP contribution in [0, 0.1) is 13.8 Å². The van der Waals surface area contributed by atoms with Gasteiger partial charge < -0.3 is 10.6 Å². The van der Waals surface area contributed by atoms with Gasteiger partial charge in [0.15, 0.2) is 5.11 Å². The molecule has 0 heterocycles. The zero-order valence-electron chi connectivity index (χ0n) is 12.2. The van der Waals surface area contributed by atoms with Gasteiger partial charge in [0.1, 0.15) is 0 Å². The second kappa shape index (κ2) is 7.56. The van der Waals surface area contributed by atoms with E-state index in [0.717, 1.165) is 22.5 Å². The highest BCUT2D eigenvalue weighted by atomic mass is 32.2. The zero-order valence-corrected chi connectivity index (χ0v) is 13.8. The van der Waals surface area contributed by atoms with E-state index in [1.807, 2.05) is 32.0 Å². The van der Waals surface area contributed by atoms with Crippen LogP contribution in [0.1, 0.15) is 11.1 Å². The van der Waals surface area contributed by atoms with Crippen molar-refractivity contribution in [3.05, 3.63) is 53.6 Å². The fourth-order valence-electron chi connectivity index (χ4n) is 2.01. The molecule has 0 amide bonds. The molecule has 0 bridgehead atoms. The second-order valence-electron chi connectivity index (χ2n) is 4.75. The summed E-state index contributed by atoms with van der Waals surface area (Å²) in [5.41, 5.74) is 3.94. The van der Waals surface area contributed by atoms with Gasteiger partial charge in [-0.25, -0.2) is 0 Å². The van der Waals surface area contributed by atoms with E-state index in [0.29, 0.717) is 21.8 Å². The van der Waals surface area contributed by atoms with Gasteiger partial charge >= 0.3 is 0 Å². The highest BCUT2D eigenvalue weighted by molar-refractivity contribution is 7.99. The van der Waals surface area contributed by atoms with Gasteiger partial charge in [0.2, 0.25) is 0 Å². The van der Waals surface area contributed by atoms with E-state index < -0.39 is 5.76 Å². The summed E-state index contributed by atoms with van der Waals surface area (Å²) in [6.45, 7) is 4.02. The summed E-state index contributed by atoms with van der Waals surface area (Å²) in [7, 11) is 0. The fraction of sp³-hybridized carbons (Fsp3) is 0.188. The van der Waals surface area contributed by atoms with Gasteiger partial charge in [0, 0.05) is 16.3 Å². The van der Waals surface area contributed by atoms with Crippen molar-refractivity contribution in [2.45, 2.75) is 24.5 Å². The van der Waals surface area contributed by atoms with Crippen molar-refractivity contribution in [3.8, 4) is 0 Å². The first-order valence-electron chi connectivity index (χ1n) is 6.65. The molecule has 0 saturated heterocycles. The number of nitrogens with one attached hydrogen (secondary N) is 2. The van der Waals surface area contributed by atoms with E-state index in [1.54, 1.807) is 24.3 Å². The molecule has 0 saturated carbocycles. The maximum Gasteiger partial charge on any atom is 0.288 e. The molecule has 116 valence electrons. The van der Waals surface area contributed by atoms with Crippen LogP contribution in [0.25, 0.3) is 0 Å².